The first-order chi connectivity index (χ1) is 9.33. The van der Waals surface area contributed by atoms with Gasteiger partial charge in [0.2, 0.25) is 0 Å². The molecule has 2 nitrogen and oxygen atoms in total. The van der Waals surface area contributed by atoms with Crippen LogP contribution in [-0.4, -0.2) is 11.5 Å². The highest BCUT2D eigenvalue weighted by molar-refractivity contribution is 9.10. The highest BCUT2D eigenvalue weighted by Crippen LogP contribution is 2.61. The van der Waals surface area contributed by atoms with Crippen LogP contribution in [0.4, 0.5) is 5.82 Å². The molecule has 0 radical (unpaired) electrons. The number of rotatable bonds is 3. The van der Waals surface area contributed by atoms with Crippen LogP contribution in [0.3, 0.4) is 0 Å². The zero-order valence-corrected chi connectivity index (χ0v) is 12.1. The summed E-state index contributed by atoms with van der Waals surface area (Å²) in [5.41, 5.74) is 3.15. The van der Waals surface area contributed by atoms with E-state index in [-0.39, 0.29) is 0 Å². The van der Waals surface area contributed by atoms with Crippen LogP contribution in [0.1, 0.15) is 17.0 Å². The molecule has 1 N–H and O–H groups in total. The zero-order valence-electron chi connectivity index (χ0n) is 10.5. The van der Waals surface area contributed by atoms with Gasteiger partial charge in [-0.15, -0.1) is 0 Å². The molecular formula is C16H15BrN2. The minimum Gasteiger partial charge on any atom is -0.370 e. The van der Waals surface area contributed by atoms with E-state index in [1.807, 2.05) is 18.3 Å². The first-order valence-corrected chi connectivity index (χ1v) is 7.55. The van der Waals surface area contributed by atoms with Crippen molar-refractivity contribution in [1.82, 2.24) is 4.98 Å². The summed E-state index contributed by atoms with van der Waals surface area (Å²) in [5, 5.41) is 3.46. The molecule has 0 bridgehead atoms. The molecule has 0 saturated heterocycles. The molecular weight excluding hydrogens is 300 g/mol. The predicted molar refractivity (Wildman–Crippen MR) is 80.3 cm³/mol. The molecule has 4 rings (SSSR count). The van der Waals surface area contributed by atoms with E-state index in [4.69, 9.17) is 0 Å². The van der Waals surface area contributed by atoms with Crippen LogP contribution in [0, 0.1) is 11.8 Å². The second kappa shape index (κ2) is 4.34. The van der Waals surface area contributed by atoms with Gasteiger partial charge in [0.05, 0.1) is 0 Å². The van der Waals surface area contributed by atoms with Crippen LogP contribution in [0.25, 0.3) is 0 Å². The maximum absolute atomic E-state index is 4.36. The SMILES string of the molecule is Brc1ccc(NCC2C3Cc4ccccc4C23)nc1. The molecule has 0 spiro atoms. The topological polar surface area (TPSA) is 24.9 Å². The van der Waals surface area contributed by atoms with Gasteiger partial charge in [0.1, 0.15) is 5.82 Å². The molecule has 3 atom stereocenters. The largest absolute Gasteiger partial charge is 0.370 e. The summed E-state index contributed by atoms with van der Waals surface area (Å²) >= 11 is 3.40. The van der Waals surface area contributed by atoms with Crippen LogP contribution in [0.5, 0.6) is 0 Å². The lowest BCUT2D eigenvalue weighted by Crippen LogP contribution is -2.08. The van der Waals surface area contributed by atoms with E-state index >= 15 is 0 Å². The maximum atomic E-state index is 4.36. The van der Waals surface area contributed by atoms with Gasteiger partial charge < -0.3 is 5.32 Å². The first kappa shape index (κ1) is 11.5. The number of aromatic nitrogens is 1. The number of hydrogen-bond donors (Lipinski definition) is 1. The molecule has 3 unspecified atom stereocenters. The standard InChI is InChI=1S/C16H15BrN2/c17-11-5-6-15(18-8-11)19-9-14-13-7-10-3-1-2-4-12(10)16(13)14/h1-6,8,13-14,16H,7,9H2,(H,18,19). The van der Waals surface area contributed by atoms with Crippen molar-refractivity contribution < 1.29 is 0 Å². The van der Waals surface area contributed by atoms with Crippen molar-refractivity contribution in [3.8, 4) is 0 Å². The average molecular weight is 315 g/mol. The summed E-state index contributed by atoms with van der Waals surface area (Å²) in [6.07, 6.45) is 3.10. The normalized spacial score (nSPS) is 26.7. The van der Waals surface area contributed by atoms with Gasteiger partial charge >= 0.3 is 0 Å². The fourth-order valence-corrected chi connectivity index (χ4v) is 3.70. The summed E-state index contributed by atoms with van der Waals surface area (Å²) in [5.74, 6) is 3.42. The lowest BCUT2D eigenvalue weighted by atomic mass is 10.0. The molecule has 1 heterocycles. The molecule has 1 saturated carbocycles. The van der Waals surface area contributed by atoms with E-state index in [1.165, 1.54) is 6.42 Å². The zero-order chi connectivity index (χ0) is 12.8. The predicted octanol–water partition coefficient (Wildman–Crippen LogP) is 3.84. The number of hydrogen-bond acceptors (Lipinski definition) is 2. The Bertz CT molecular complexity index is 608. The van der Waals surface area contributed by atoms with Gasteiger partial charge in [-0.1, -0.05) is 24.3 Å². The van der Waals surface area contributed by atoms with Crippen molar-refractivity contribution >= 4 is 21.7 Å². The minimum atomic E-state index is 0.791. The van der Waals surface area contributed by atoms with E-state index in [1.54, 1.807) is 11.1 Å². The molecule has 96 valence electrons. The smallest absolute Gasteiger partial charge is 0.125 e. The second-order valence-electron chi connectivity index (χ2n) is 5.50. The lowest BCUT2D eigenvalue weighted by Gasteiger charge is -2.09. The maximum Gasteiger partial charge on any atom is 0.125 e. The Morgan fingerprint density at radius 2 is 2.11 bits per heavy atom. The molecule has 0 aliphatic heterocycles. The van der Waals surface area contributed by atoms with Crippen LogP contribution >= 0.6 is 15.9 Å². The number of nitrogens with zero attached hydrogens (tertiary/aromatic N) is 1. The number of anilines is 1. The van der Waals surface area contributed by atoms with E-state index in [0.717, 1.165) is 34.6 Å². The summed E-state index contributed by atoms with van der Waals surface area (Å²) in [4.78, 5) is 4.36. The van der Waals surface area contributed by atoms with Gasteiger partial charge in [-0.2, -0.15) is 0 Å². The van der Waals surface area contributed by atoms with Crippen LogP contribution in [0.2, 0.25) is 0 Å². The van der Waals surface area contributed by atoms with Crippen molar-refractivity contribution in [2.24, 2.45) is 11.8 Å². The number of nitrogens with one attached hydrogen (secondary N) is 1. The van der Waals surface area contributed by atoms with Gasteiger partial charge in [-0.25, -0.2) is 4.98 Å². The molecule has 0 amide bonds. The van der Waals surface area contributed by atoms with E-state index in [0.29, 0.717) is 0 Å². The average Bonchev–Trinajstić information content (AvgIpc) is 2.97. The summed E-state index contributed by atoms with van der Waals surface area (Å²) in [6, 6.07) is 13.0. The van der Waals surface area contributed by atoms with Gasteiger partial charge in [0, 0.05) is 17.2 Å². The number of halogens is 1. The third-order valence-corrected chi connectivity index (χ3v) is 4.92. The second-order valence-corrected chi connectivity index (χ2v) is 6.41. The van der Waals surface area contributed by atoms with Crippen molar-refractivity contribution in [1.29, 1.82) is 0 Å². The fourth-order valence-electron chi connectivity index (χ4n) is 3.46. The van der Waals surface area contributed by atoms with Gasteiger partial charge in [-0.05, 0) is 63.4 Å². The Balaban J connectivity index is 1.41. The van der Waals surface area contributed by atoms with Gasteiger partial charge in [0.15, 0.2) is 0 Å². The molecule has 2 aromatic rings. The van der Waals surface area contributed by atoms with Gasteiger partial charge in [-0.3, -0.25) is 0 Å². The Hall–Kier alpha value is -1.35. The Kier molecular flexibility index (Phi) is 2.62. The molecule has 1 fully saturated rings. The lowest BCUT2D eigenvalue weighted by molar-refractivity contribution is 0.718. The van der Waals surface area contributed by atoms with E-state index in [9.17, 15) is 0 Å². The number of fused-ring (bicyclic) bond motifs is 3. The van der Waals surface area contributed by atoms with Crippen molar-refractivity contribution in [2.45, 2.75) is 12.3 Å². The van der Waals surface area contributed by atoms with Crippen LogP contribution in [-0.2, 0) is 6.42 Å². The molecule has 2 aliphatic carbocycles. The molecule has 1 aromatic carbocycles. The van der Waals surface area contributed by atoms with Crippen molar-refractivity contribution in [2.75, 3.05) is 11.9 Å². The first-order valence-electron chi connectivity index (χ1n) is 6.76. The monoisotopic (exact) mass is 314 g/mol. The Morgan fingerprint density at radius 1 is 1.21 bits per heavy atom. The summed E-state index contributed by atoms with van der Waals surface area (Å²) in [7, 11) is 0. The molecule has 19 heavy (non-hydrogen) atoms. The number of pyridine rings is 1. The van der Waals surface area contributed by atoms with Crippen LogP contribution in [0.15, 0.2) is 47.1 Å². The molecule has 3 heteroatoms. The highest BCUT2D eigenvalue weighted by atomic mass is 79.9. The fraction of sp³-hybridized carbons (Fsp3) is 0.312. The van der Waals surface area contributed by atoms with E-state index < -0.39 is 0 Å². The summed E-state index contributed by atoms with van der Waals surface area (Å²) in [6.45, 7) is 1.04. The summed E-state index contributed by atoms with van der Waals surface area (Å²) < 4.78 is 1.02. The van der Waals surface area contributed by atoms with Crippen molar-refractivity contribution in [3.63, 3.8) is 0 Å². The quantitative estimate of drug-likeness (QED) is 0.931. The number of benzene rings is 1. The van der Waals surface area contributed by atoms with Gasteiger partial charge in [0.25, 0.3) is 0 Å². The highest BCUT2D eigenvalue weighted by Gasteiger charge is 2.54. The Morgan fingerprint density at radius 3 is 2.95 bits per heavy atom. The third-order valence-electron chi connectivity index (χ3n) is 4.45. The third kappa shape index (κ3) is 1.96. The minimum absolute atomic E-state index is 0.791. The molecule has 1 aromatic heterocycles. The van der Waals surface area contributed by atoms with Crippen molar-refractivity contribution in [3.05, 3.63) is 58.2 Å². The van der Waals surface area contributed by atoms with Crippen LogP contribution < -0.4 is 5.32 Å². The Labute approximate surface area is 121 Å². The van der Waals surface area contributed by atoms with E-state index in [2.05, 4.69) is 50.5 Å². The molecule has 2 aliphatic rings.